The highest BCUT2D eigenvalue weighted by Crippen LogP contribution is 2.31. The second-order valence-corrected chi connectivity index (χ2v) is 9.04. The minimum absolute atomic E-state index is 0.140. The molecule has 0 amide bonds. The third-order valence-electron chi connectivity index (χ3n) is 6.04. The van der Waals surface area contributed by atoms with Crippen molar-refractivity contribution in [2.24, 2.45) is 23.7 Å². The number of aliphatic hydroxyl groups is 2. The first-order valence-electron chi connectivity index (χ1n) is 11.4. The van der Waals surface area contributed by atoms with Crippen LogP contribution in [-0.4, -0.2) is 50.4 Å². The van der Waals surface area contributed by atoms with E-state index in [-0.39, 0.29) is 18.6 Å². The highest BCUT2D eigenvalue weighted by Gasteiger charge is 2.21. The van der Waals surface area contributed by atoms with Crippen LogP contribution >= 0.6 is 0 Å². The van der Waals surface area contributed by atoms with Crippen LogP contribution in [0.1, 0.15) is 58.9 Å². The minimum atomic E-state index is -0.360. The predicted octanol–water partition coefficient (Wildman–Crippen LogP) is 4.72. The lowest BCUT2D eigenvalue weighted by Crippen LogP contribution is -2.22. The molecular formula is C25H44O5. The molecule has 3 unspecified atom stereocenters. The third kappa shape index (κ3) is 9.67. The number of ether oxygens (including phenoxy) is 3. The van der Waals surface area contributed by atoms with Gasteiger partial charge in [0.2, 0.25) is 0 Å². The highest BCUT2D eigenvalue weighted by atomic mass is 16.5. The second-order valence-electron chi connectivity index (χ2n) is 9.04. The molecule has 0 radical (unpaired) electrons. The van der Waals surface area contributed by atoms with Crippen molar-refractivity contribution in [2.45, 2.75) is 65.9 Å². The highest BCUT2D eigenvalue weighted by molar-refractivity contribution is 5.43. The smallest absolute Gasteiger partial charge is 0.161 e. The fourth-order valence-electron chi connectivity index (χ4n) is 3.75. The van der Waals surface area contributed by atoms with Gasteiger partial charge in [-0.1, -0.05) is 33.8 Å². The summed E-state index contributed by atoms with van der Waals surface area (Å²) in [6.07, 6.45) is 3.81. The maximum absolute atomic E-state index is 10.5. The molecule has 30 heavy (non-hydrogen) atoms. The Balaban J connectivity index is 2.71. The monoisotopic (exact) mass is 424 g/mol. The van der Waals surface area contributed by atoms with Crippen molar-refractivity contribution in [3.63, 3.8) is 0 Å². The summed E-state index contributed by atoms with van der Waals surface area (Å²) in [6.45, 7) is 10.1. The lowest BCUT2D eigenvalue weighted by Gasteiger charge is -2.25. The molecule has 1 rings (SSSR count). The van der Waals surface area contributed by atoms with Crippen molar-refractivity contribution in [3.8, 4) is 11.5 Å². The Bertz CT molecular complexity index is 573. The Hall–Kier alpha value is -1.30. The molecule has 0 aliphatic heterocycles. The molecule has 5 heteroatoms. The van der Waals surface area contributed by atoms with Gasteiger partial charge in [-0.25, -0.2) is 0 Å². The van der Waals surface area contributed by atoms with Crippen molar-refractivity contribution in [2.75, 3.05) is 34.0 Å². The molecule has 3 atom stereocenters. The third-order valence-corrected chi connectivity index (χ3v) is 6.04. The van der Waals surface area contributed by atoms with Crippen molar-refractivity contribution in [1.82, 2.24) is 0 Å². The molecule has 0 heterocycles. The molecule has 0 saturated heterocycles. The summed E-state index contributed by atoms with van der Waals surface area (Å²) in [7, 11) is 3.35. The van der Waals surface area contributed by atoms with Crippen LogP contribution in [-0.2, 0) is 11.2 Å². The van der Waals surface area contributed by atoms with Crippen LogP contribution in [0.3, 0.4) is 0 Å². The van der Waals surface area contributed by atoms with Crippen LogP contribution in [0.15, 0.2) is 18.2 Å². The zero-order valence-electron chi connectivity index (χ0n) is 19.9. The molecule has 5 nitrogen and oxygen atoms in total. The van der Waals surface area contributed by atoms with Crippen LogP contribution in [0.2, 0.25) is 0 Å². The summed E-state index contributed by atoms with van der Waals surface area (Å²) in [4.78, 5) is 0. The van der Waals surface area contributed by atoms with Crippen LogP contribution in [0, 0.1) is 23.7 Å². The Morgan fingerprint density at radius 1 is 0.900 bits per heavy atom. The SMILES string of the molecule is COCCCOc1cc(CC(CCC(O)CC(CO)C(C)C)C(C)C)ccc1OC. The molecule has 0 saturated carbocycles. The standard InChI is InChI=1S/C25H44O5/c1-18(2)21(9-10-23(27)16-22(17-26)19(3)4)14-20-8-11-24(29-6)25(15-20)30-13-7-12-28-5/h8,11,15,18-19,21-23,26-27H,7,9-10,12-14,16-17H2,1-6H3. The summed E-state index contributed by atoms with van der Waals surface area (Å²) < 4.78 is 16.5. The maximum atomic E-state index is 10.5. The van der Waals surface area contributed by atoms with Gasteiger partial charge in [0.1, 0.15) is 0 Å². The van der Waals surface area contributed by atoms with Gasteiger partial charge >= 0.3 is 0 Å². The number of aliphatic hydroxyl groups excluding tert-OH is 2. The van der Waals surface area contributed by atoms with E-state index in [0.717, 1.165) is 37.2 Å². The lowest BCUT2D eigenvalue weighted by molar-refractivity contribution is 0.0839. The van der Waals surface area contributed by atoms with Gasteiger partial charge in [-0.05, 0) is 67.1 Å². The molecular weight excluding hydrogens is 380 g/mol. The summed E-state index contributed by atoms with van der Waals surface area (Å²) in [6, 6.07) is 6.16. The lowest BCUT2D eigenvalue weighted by atomic mass is 9.83. The summed E-state index contributed by atoms with van der Waals surface area (Å²) in [5.41, 5.74) is 1.22. The molecule has 0 bridgehead atoms. The van der Waals surface area contributed by atoms with Crippen LogP contribution in [0.4, 0.5) is 0 Å². The molecule has 0 fully saturated rings. The summed E-state index contributed by atoms with van der Waals surface area (Å²) >= 11 is 0. The average molecular weight is 425 g/mol. The van der Waals surface area contributed by atoms with E-state index >= 15 is 0 Å². The first-order valence-corrected chi connectivity index (χ1v) is 11.4. The van der Waals surface area contributed by atoms with Gasteiger partial charge in [-0.3, -0.25) is 0 Å². The largest absolute Gasteiger partial charge is 0.493 e. The van der Waals surface area contributed by atoms with E-state index in [4.69, 9.17) is 14.2 Å². The van der Waals surface area contributed by atoms with E-state index in [0.29, 0.717) is 37.4 Å². The number of methoxy groups -OCH3 is 2. The number of hydrogen-bond donors (Lipinski definition) is 2. The van der Waals surface area contributed by atoms with Crippen molar-refractivity contribution >= 4 is 0 Å². The zero-order chi connectivity index (χ0) is 22.5. The Morgan fingerprint density at radius 3 is 2.17 bits per heavy atom. The molecule has 1 aromatic rings. The number of rotatable bonds is 16. The van der Waals surface area contributed by atoms with E-state index in [1.165, 1.54) is 5.56 Å². The summed E-state index contributed by atoms with van der Waals surface area (Å²) in [5, 5.41) is 20.0. The van der Waals surface area contributed by atoms with E-state index in [2.05, 4.69) is 39.8 Å². The van der Waals surface area contributed by atoms with E-state index in [9.17, 15) is 10.2 Å². The number of hydrogen-bond acceptors (Lipinski definition) is 5. The van der Waals surface area contributed by atoms with Gasteiger partial charge in [-0.15, -0.1) is 0 Å². The fraction of sp³-hybridized carbons (Fsp3) is 0.760. The molecule has 1 aromatic carbocycles. The van der Waals surface area contributed by atoms with Gasteiger partial charge in [0, 0.05) is 26.7 Å². The van der Waals surface area contributed by atoms with E-state index < -0.39 is 0 Å². The Kier molecular flexibility index (Phi) is 13.1. The topological polar surface area (TPSA) is 68.2 Å². The quantitative estimate of drug-likeness (QED) is 0.376. The Morgan fingerprint density at radius 2 is 1.60 bits per heavy atom. The van der Waals surface area contributed by atoms with Gasteiger partial charge in [-0.2, -0.15) is 0 Å². The van der Waals surface area contributed by atoms with Gasteiger partial charge in [0.15, 0.2) is 11.5 Å². The normalized spacial score (nSPS) is 14.7. The van der Waals surface area contributed by atoms with Gasteiger partial charge < -0.3 is 24.4 Å². The Labute approximate surface area is 183 Å². The fourth-order valence-corrected chi connectivity index (χ4v) is 3.75. The van der Waals surface area contributed by atoms with Crippen LogP contribution in [0.25, 0.3) is 0 Å². The molecule has 2 N–H and O–H groups in total. The van der Waals surface area contributed by atoms with E-state index in [1.807, 2.05) is 6.07 Å². The summed E-state index contributed by atoms with van der Waals surface area (Å²) in [5.74, 6) is 3.06. The average Bonchev–Trinajstić information content (AvgIpc) is 2.72. The van der Waals surface area contributed by atoms with Crippen molar-refractivity contribution < 1.29 is 24.4 Å². The van der Waals surface area contributed by atoms with Crippen LogP contribution < -0.4 is 9.47 Å². The van der Waals surface area contributed by atoms with Gasteiger partial charge in [0.25, 0.3) is 0 Å². The second kappa shape index (κ2) is 14.7. The molecule has 0 aliphatic carbocycles. The van der Waals surface area contributed by atoms with E-state index in [1.54, 1.807) is 14.2 Å². The van der Waals surface area contributed by atoms with Crippen molar-refractivity contribution in [3.05, 3.63) is 23.8 Å². The molecule has 0 aliphatic rings. The first-order chi connectivity index (χ1) is 14.3. The molecule has 0 spiro atoms. The van der Waals surface area contributed by atoms with Crippen molar-refractivity contribution in [1.29, 1.82) is 0 Å². The molecule has 174 valence electrons. The van der Waals surface area contributed by atoms with Gasteiger partial charge in [0.05, 0.1) is 19.8 Å². The first kappa shape index (κ1) is 26.7. The number of benzene rings is 1. The predicted molar refractivity (Wildman–Crippen MR) is 122 cm³/mol. The molecule has 0 aromatic heterocycles. The van der Waals surface area contributed by atoms with Crippen LogP contribution in [0.5, 0.6) is 11.5 Å². The minimum Gasteiger partial charge on any atom is -0.493 e. The zero-order valence-corrected chi connectivity index (χ0v) is 19.9. The maximum Gasteiger partial charge on any atom is 0.161 e.